The Kier molecular flexibility index (Phi) is 2.41. The summed E-state index contributed by atoms with van der Waals surface area (Å²) in [5.74, 6) is 0. The van der Waals surface area contributed by atoms with E-state index in [0.717, 1.165) is 5.69 Å². The number of aromatic amines is 1. The smallest absolute Gasteiger partial charge is 0.211 e. The number of aryl methyl sites for hydroxylation is 1. The highest BCUT2D eigenvalue weighted by molar-refractivity contribution is 6.30. The van der Waals surface area contributed by atoms with Crippen LogP contribution >= 0.6 is 11.6 Å². The molecule has 1 N–H and O–H groups in total. The summed E-state index contributed by atoms with van der Waals surface area (Å²) in [5.41, 5.74) is 1.87. The van der Waals surface area contributed by atoms with Crippen LogP contribution in [0.1, 0.15) is 5.69 Å². The third-order valence-electron chi connectivity index (χ3n) is 2.71. The fourth-order valence-electron chi connectivity index (χ4n) is 1.94. The third kappa shape index (κ3) is 1.60. The fraction of sp³-hybridized carbons (Fsp3) is 0.0833. The molecule has 18 heavy (non-hydrogen) atoms. The van der Waals surface area contributed by atoms with Crippen molar-refractivity contribution in [2.45, 2.75) is 6.92 Å². The molecule has 3 rings (SSSR count). The zero-order valence-electron chi connectivity index (χ0n) is 9.51. The van der Waals surface area contributed by atoms with Crippen molar-refractivity contribution in [2.24, 2.45) is 0 Å². The van der Waals surface area contributed by atoms with Crippen LogP contribution < -0.4 is 5.43 Å². The normalized spacial score (nSPS) is 11.0. The maximum Gasteiger partial charge on any atom is 0.211 e. The number of halogens is 1. The molecular formula is C12H9ClN4O. The van der Waals surface area contributed by atoms with E-state index in [2.05, 4.69) is 15.3 Å². The number of hydrogen-bond donors (Lipinski definition) is 1. The minimum atomic E-state index is -0.144. The number of hydrogen-bond acceptors (Lipinski definition) is 3. The highest BCUT2D eigenvalue weighted by atomic mass is 35.5. The molecule has 0 spiro atoms. The van der Waals surface area contributed by atoms with Crippen LogP contribution in [0.4, 0.5) is 0 Å². The maximum absolute atomic E-state index is 11.7. The van der Waals surface area contributed by atoms with Gasteiger partial charge < -0.3 is 0 Å². The number of nitrogens with one attached hydrogen (secondary N) is 1. The number of fused-ring (bicyclic) bond motifs is 1. The summed E-state index contributed by atoms with van der Waals surface area (Å²) in [4.78, 5) is 11.7. The molecule has 0 atom stereocenters. The van der Waals surface area contributed by atoms with Crippen LogP contribution in [-0.2, 0) is 0 Å². The molecule has 0 bridgehead atoms. The average molecular weight is 261 g/mol. The van der Waals surface area contributed by atoms with Crippen molar-refractivity contribution < 1.29 is 0 Å². The second kappa shape index (κ2) is 3.96. The van der Waals surface area contributed by atoms with Crippen molar-refractivity contribution in [2.75, 3.05) is 0 Å². The van der Waals surface area contributed by atoms with Crippen LogP contribution in [-0.4, -0.2) is 20.0 Å². The number of rotatable bonds is 1. The zero-order chi connectivity index (χ0) is 12.7. The lowest BCUT2D eigenvalue weighted by atomic mass is 10.3. The Morgan fingerprint density at radius 2 is 2.22 bits per heavy atom. The van der Waals surface area contributed by atoms with Gasteiger partial charge >= 0.3 is 0 Å². The van der Waals surface area contributed by atoms with Crippen LogP contribution in [0.15, 0.2) is 35.3 Å². The van der Waals surface area contributed by atoms with Gasteiger partial charge in [0.05, 0.1) is 23.0 Å². The Bertz CT molecular complexity index is 790. The van der Waals surface area contributed by atoms with Crippen molar-refractivity contribution in [1.82, 2.24) is 20.0 Å². The highest BCUT2D eigenvalue weighted by Crippen LogP contribution is 2.19. The molecule has 2 aromatic heterocycles. The Hall–Kier alpha value is -2.14. The molecule has 0 unspecified atom stereocenters. The van der Waals surface area contributed by atoms with Crippen LogP contribution in [0.5, 0.6) is 0 Å². The molecule has 5 nitrogen and oxygen atoms in total. The molecule has 2 heterocycles. The molecule has 0 saturated heterocycles. The van der Waals surface area contributed by atoms with Gasteiger partial charge in [0.15, 0.2) is 5.65 Å². The number of aromatic nitrogens is 4. The molecule has 0 aliphatic heterocycles. The van der Waals surface area contributed by atoms with Crippen molar-refractivity contribution in [3.8, 4) is 5.69 Å². The second-order valence-corrected chi connectivity index (χ2v) is 4.37. The van der Waals surface area contributed by atoms with Crippen molar-refractivity contribution in [1.29, 1.82) is 0 Å². The molecule has 1 aromatic carbocycles. The predicted octanol–water partition coefficient (Wildman–Crippen LogP) is 2.07. The van der Waals surface area contributed by atoms with Gasteiger partial charge in [0.25, 0.3) is 0 Å². The van der Waals surface area contributed by atoms with E-state index in [1.54, 1.807) is 23.7 Å². The SMILES string of the molecule is Cc1nn(-c2cccc(Cl)c2)c2[nH]ncc(=O)c12. The molecular weight excluding hydrogens is 252 g/mol. The summed E-state index contributed by atoms with van der Waals surface area (Å²) in [6.07, 6.45) is 1.25. The van der Waals surface area contributed by atoms with Gasteiger partial charge in [-0.05, 0) is 25.1 Å². The Balaban J connectivity index is 2.38. The van der Waals surface area contributed by atoms with Gasteiger partial charge in [-0.25, -0.2) is 4.68 Å². The number of nitrogens with zero attached hydrogens (tertiary/aromatic N) is 3. The first-order chi connectivity index (χ1) is 8.66. The topological polar surface area (TPSA) is 63.6 Å². The van der Waals surface area contributed by atoms with Crippen molar-refractivity contribution >= 4 is 22.6 Å². The Morgan fingerprint density at radius 3 is 3.00 bits per heavy atom. The molecule has 0 fully saturated rings. The highest BCUT2D eigenvalue weighted by Gasteiger charge is 2.12. The lowest BCUT2D eigenvalue weighted by molar-refractivity contribution is 0.864. The molecule has 3 aromatic rings. The van der Waals surface area contributed by atoms with Crippen LogP contribution in [0, 0.1) is 6.92 Å². The van der Waals surface area contributed by atoms with Crippen LogP contribution in [0.2, 0.25) is 5.02 Å². The molecule has 0 aliphatic rings. The van der Waals surface area contributed by atoms with Gasteiger partial charge in [-0.1, -0.05) is 17.7 Å². The lowest BCUT2D eigenvalue weighted by Crippen LogP contribution is -2.04. The molecule has 90 valence electrons. The minimum Gasteiger partial charge on any atom is -0.287 e. The Labute approximate surface area is 107 Å². The fourth-order valence-corrected chi connectivity index (χ4v) is 2.12. The van der Waals surface area contributed by atoms with E-state index >= 15 is 0 Å². The summed E-state index contributed by atoms with van der Waals surface area (Å²) in [6, 6.07) is 7.25. The summed E-state index contributed by atoms with van der Waals surface area (Å²) < 4.78 is 1.63. The van der Waals surface area contributed by atoms with Crippen LogP contribution in [0.3, 0.4) is 0 Å². The number of H-pyrrole nitrogens is 1. The van der Waals surface area contributed by atoms with Gasteiger partial charge in [0.1, 0.15) is 0 Å². The van der Waals surface area contributed by atoms with Gasteiger partial charge in [0, 0.05) is 5.02 Å². The standard InChI is InChI=1S/C12H9ClN4O/c1-7-11-10(18)6-14-15-12(11)17(16-7)9-4-2-3-8(13)5-9/h2-6H,1H3,(H,15,18). The van der Waals surface area contributed by atoms with Crippen molar-refractivity contribution in [3.63, 3.8) is 0 Å². The van der Waals surface area contributed by atoms with E-state index in [1.165, 1.54) is 6.20 Å². The van der Waals surface area contributed by atoms with E-state index in [1.807, 2.05) is 12.1 Å². The summed E-state index contributed by atoms with van der Waals surface area (Å²) in [6.45, 7) is 1.79. The molecule has 0 aliphatic carbocycles. The summed E-state index contributed by atoms with van der Waals surface area (Å²) in [7, 11) is 0. The quantitative estimate of drug-likeness (QED) is 0.728. The van der Waals surface area contributed by atoms with E-state index in [9.17, 15) is 4.79 Å². The van der Waals surface area contributed by atoms with Crippen molar-refractivity contribution in [3.05, 3.63) is 51.4 Å². The van der Waals surface area contributed by atoms with E-state index in [4.69, 9.17) is 11.6 Å². The van der Waals surface area contributed by atoms with Gasteiger partial charge in [-0.3, -0.25) is 9.89 Å². The molecule has 0 radical (unpaired) electrons. The third-order valence-corrected chi connectivity index (χ3v) is 2.95. The summed E-state index contributed by atoms with van der Waals surface area (Å²) in [5, 5.41) is 12.1. The van der Waals surface area contributed by atoms with E-state index < -0.39 is 0 Å². The van der Waals surface area contributed by atoms with E-state index in [0.29, 0.717) is 21.7 Å². The molecule has 0 saturated carbocycles. The summed E-state index contributed by atoms with van der Waals surface area (Å²) >= 11 is 5.96. The Morgan fingerprint density at radius 1 is 1.39 bits per heavy atom. The first-order valence-electron chi connectivity index (χ1n) is 5.36. The predicted molar refractivity (Wildman–Crippen MR) is 69.2 cm³/mol. The number of benzene rings is 1. The van der Waals surface area contributed by atoms with Crippen LogP contribution in [0.25, 0.3) is 16.7 Å². The second-order valence-electron chi connectivity index (χ2n) is 3.93. The first-order valence-corrected chi connectivity index (χ1v) is 5.73. The average Bonchev–Trinajstić information content (AvgIpc) is 2.68. The first kappa shape index (κ1) is 11.0. The van der Waals surface area contributed by atoms with Gasteiger partial charge in [-0.2, -0.15) is 10.2 Å². The monoisotopic (exact) mass is 260 g/mol. The largest absolute Gasteiger partial charge is 0.287 e. The van der Waals surface area contributed by atoms with E-state index in [-0.39, 0.29) is 5.43 Å². The zero-order valence-corrected chi connectivity index (χ0v) is 10.3. The van der Waals surface area contributed by atoms with Gasteiger partial charge in [-0.15, -0.1) is 0 Å². The van der Waals surface area contributed by atoms with Gasteiger partial charge in [0.2, 0.25) is 5.43 Å². The lowest BCUT2D eigenvalue weighted by Gasteiger charge is -2.02. The minimum absolute atomic E-state index is 0.144. The molecule has 6 heteroatoms. The molecule has 0 amide bonds. The maximum atomic E-state index is 11.7.